The summed E-state index contributed by atoms with van der Waals surface area (Å²) in [5, 5.41) is 16.1. The number of fused-ring (bicyclic) bond motifs is 1. The zero-order valence-corrected chi connectivity index (χ0v) is 21.3. The smallest absolute Gasteiger partial charge is 0.312 e. The van der Waals surface area contributed by atoms with Crippen LogP contribution in [0.1, 0.15) is 30.0 Å². The Morgan fingerprint density at radius 3 is 2.92 bits per heavy atom. The lowest BCUT2D eigenvalue weighted by molar-refractivity contribution is -0.142. The summed E-state index contributed by atoms with van der Waals surface area (Å²) in [7, 11) is 0. The quantitative estimate of drug-likeness (QED) is 0.105. The standard InChI is InChI=1S/C23H20ClF3N8O2S/c1-12(36)37-11-23(33-34-29)7-17-18(13(8-28)9-31-22(26)27)19(15-3-2-14(25)6-16(15)24)32-20(35(17)10-23)21-30-4-5-38-21/h2-6,8-9,19,22,28,31H,7,10-11H2,1H3/b13-9+,28-8?/t19-,23+/m0/s1. The Balaban J connectivity index is 1.99. The van der Waals surface area contributed by atoms with Crippen LogP contribution in [-0.4, -0.2) is 53.1 Å². The number of alkyl halides is 2. The highest BCUT2D eigenvalue weighted by Crippen LogP contribution is 2.47. The predicted octanol–water partition coefficient (Wildman–Crippen LogP) is 5.35. The summed E-state index contributed by atoms with van der Waals surface area (Å²) in [6.07, 6.45) is 3.45. The molecule has 2 aromatic rings. The van der Waals surface area contributed by atoms with Crippen LogP contribution in [0.25, 0.3) is 10.4 Å². The van der Waals surface area contributed by atoms with E-state index in [4.69, 9.17) is 26.7 Å². The van der Waals surface area contributed by atoms with Gasteiger partial charge in [0.05, 0.1) is 0 Å². The van der Waals surface area contributed by atoms with Gasteiger partial charge in [-0.3, -0.25) is 9.79 Å². The number of aliphatic imine (C=N–C) groups is 1. The number of rotatable bonds is 9. The van der Waals surface area contributed by atoms with Gasteiger partial charge in [-0.05, 0) is 23.2 Å². The molecule has 0 radical (unpaired) electrons. The maximum absolute atomic E-state index is 13.9. The highest BCUT2D eigenvalue weighted by atomic mass is 35.5. The van der Waals surface area contributed by atoms with Gasteiger partial charge in [0.25, 0.3) is 0 Å². The van der Waals surface area contributed by atoms with Crippen LogP contribution in [0.5, 0.6) is 0 Å². The summed E-state index contributed by atoms with van der Waals surface area (Å²) >= 11 is 7.70. The third-order valence-corrected chi connectivity index (χ3v) is 6.98. The third kappa shape index (κ3) is 5.52. The maximum atomic E-state index is 13.9. The molecule has 0 saturated carbocycles. The van der Waals surface area contributed by atoms with Crippen LogP contribution in [0.3, 0.4) is 0 Å². The molecule has 1 aromatic heterocycles. The monoisotopic (exact) mass is 564 g/mol. The van der Waals surface area contributed by atoms with Crippen LogP contribution in [0.2, 0.25) is 5.02 Å². The second-order valence-corrected chi connectivity index (χ2v) is 9.69. The van der Waals surface area contributed by atoms with E-state index < -0.39 is 29.9 Å². The minimum absolute atomic E-state index is 0.0131. The van der Waals surface area contributed by atoms with Crippen molar-refractivity contribution in [3.8, 4) is 0 Å². The van der Waals surface area contributed by atoms with Crippen molar-refractivity contribution in [2.45, 2.75) is 31.5 Å². The Bertz CT molecular complexity index is 1390. The number of aromatic nitrogens is 1. The molecule has 0 unspecified atom stereocenters. The van der Waals surface area contributed by atoms with Gasteiger partial charge in [-0.2, -0.15) is 8.78 Å². The van der Waals surface area contributed by atoms with Gasteiger partial charge in [0, 0.05) is 70.7 Å². The number of amidine groups is 1. The van der Waals surface area contributed by atoms with Crippen LogP contribution in [0, 0.1) is 11.2 Å². The van der Waals surface area contributed by atoms with Crippen LogP contribution < -0.4 is 5.32 Å². The van der Waals surface area contributed by atoms with Gasteiger partial charge in [-0.1, -0.05) is 22.8 Å². The number of benzene rings is 1. The Hall–Kier alpha value is -3.87. The van der Waals surface area contributed by atoms with Gasteiger partial charge in [0.15, 0.2) is 10.8 Å². The number of thiazole rings is 1. The number of carbonyl (C=O) groups excluding carboxylic acids is 1. The number of carbonyl (C=O) groups is 1. The van der Waals surface area contributed by atoms with Crippen molar-refractivity contribution in [3.05, 3.63) is 84.7 Å². The first kappa shape index (κ1) is 27.2. The molecule has 1 fully saturated rings. The highest BCUT2D eigenvalue weighted by molar-refractivity contribution is 7.11. The molecular weight excluding hydrogens is 545 g/mol. The van der Waals surface area contributed by atoms with Crippen molar-refractivity contribution in [2.75, 3.05) is 13.2 Å². The fourth-order valence-electron chi connectivity index (χ4n) is 4.36. The summed E-state index contributed by atoms with van der Waals surface area (Å²) in [6.45, 7) is -1.92. The first-order chi connectivity index (χ1) is 18.2. The summed E-state index contributed by atoms with van der Waals surface area (Å²) in [4.78, 5) is 25.5. The molecule has 2 N–H and O–H groups in total. The average molecular weight is 565 g/mol. The second-order valence-electron chi connectivity index (χ2n) is 8.39. The van der Waals surface area contributed by atoms with Crippen LogP contribution in [-0.2, 0) is 9.53 Å². The maximum Gasteiger partial charge on any atom is 0.312 e. The van der Waals surface area contributed by atoms with Crippen molar-refractivity contribution < 1.29 is 22.7 Å². The van der Waals surface area contributed by atoms with Crippen molar-refractivity contribution in [3.63, 3.8) is 0 Å². The zero-order chi connectivity index (χ0) is 27.4. The number of halogens is 4. The Morgan fingerprint density at radius 1 is 1.53 bits per heavy atom. The summed E-state index contributed by atoms with van der Waals surface area (Å²) in [6, 6.07) is 2.77. The molecule has 10 nitrogen and oxygen atoms in total. The van der Waals surface area contributed by atoms with Crippen LogP contribution in [0.15, 0.2) is 62.9 Å². The van der Waals surface area contributed by atoms with Gasteiger partial charge in [0.2, 0.25) is 0 Å². The van der Waals surface area contributed by atoms with E-state index >= 15 is 0 Å². The fourth-order valence-corrected chi connectivity index (χ4v) is 5.27. The topological polar surface area (TPSA) is 139 Å². The normalized spacial score (nSPS) is 21.1. The zero-order valence-electron chi connectivity index (χ0n) is 19.7. The van der Waals surface area contributed by atoms with E-state index in [0.29, 0.717) is 27.7 Å². The summed E-state index contributed by atoms with van der Waals surface area (Å²) < 4.78 is 45.3. The molecule has 0 spiro atoms. The van der Waals surface area contributed by atoms with Crippen molar-refractivity contribution >= 4 is 41.0 Å². The largest absolute Gasteiger partial charge is 0.465 e. The van der Waals surface area contributed by atoms with Crippen LogP contribution >= 0.6 is 22.9 Å². The molecule has 15 heteroatoms. The first-order valence-electron chi connectivity index (χ1n) is 11.1. The predicted molar refractivity (Wildman–Crippen MR) is 136 cm³/mol. The molecule has 0 aliphatic carbocycles. The van der Waals surface area contributed by atoms with Crippen molar-refractivity contribution in [1.29, 1.82) is 5.41 Å². The average Bonchev–Trinajstić information content (AvgIpc) is 3.52. The number of esters is 1. The van der Waals surface area contributed by atoms with Gasteiger partial charge < -0.3 is 20.4 Å². The lowest BCUT2D eigenvalue weighted by Gasteiger charge is -2.33. The molecule has 38 heavy (non-hydrogen) atoms. The number of nitrogens with zero attached hydrogens (tertiary/aromatic N) is 6. The number of ether oxygens (including phenoxy) is 1. The van der Waals surface area contributed by atoms with Gasteiger partial charge in [-0.25, -0.2) is 9.37 Å². The molecule has 198 valence electrons. The molecule has 0 bridgehead atoms. The molecule has 2 aliphatic rings. The van der Waals surface area contributed by atoms with E-state index in [1.54, 1.807) is 16.5 Å². The Labute approximate surface area is 223 Å². The van der Waals surface area contributed by atoms with E-state index in [2.05, 4.69) is 15.0 Å². The number of hydrogen-bond acceptors (Lipinski definition) is 9. The molecule has 2 atom stereocenters. The number of hydrogen-bond donors (Lipinski definition) is 2. The number of nitrogens with one attached hydrogen (secondary N) is 2. The van der Waals surface area contributed by atoms with E-state index in [1.807, 2.05) is 5.32 Å². The van der Waals surface area contributed by atoms with Gasteiger partial charge in [-0.15, -0.1) is 11.3 Å². The lowest BCUT2D eigenvalue weighted by atomic mass is 9.88. The lowest BCUT2D eigenvalue weighted by Crippen LogP contribution is -2.40. The Kier molecular flexibility index (Phi) is 8.05. The third-order valence-electron chi connectivity index (χ3n) is 5.88. The van der Waals surface area contributed by atoms with Crippen molar-refractivity contribution in [2.24, 2.45) is 10.1 Å². The van der Waals surface area contributed by atoms with E-state index in [0.717, 1.165) is 18.5 Å². The highest BCUT2D eigenvalue weighted by Gasteiger charge is 2.48. The summed E-state index contributed by atoms with van der Waals surface area (Å²) in [5.74, 6) is -0.794. The molecule has 0 amide bonds. The SMILES string of the molecule is CC(=O)OC[C@@]1(N=[N+]=[N-])CC2=C(/C(C=N)=C/NC(F)F)[C@H](c3ccc(F)cc3Cl)N=C(c3nccs3)N2C1. The van der Waals surface area contributed by atoms with Crippen LogP contribution in [0.4, 0.5) is 13.2 Å². The van der Waals surface area contributed by atoms with E-state index in [9.17, 15) is 23.5 Å². The Morgan fingerprint density at radius 2 is 2.32 bits per heavy atom. The van der Waals surface area contributed by atoms with Gasteiger partial charge in [0.1, 0.15) is 24.0 Å². The molecule has 2 aliphatic heterocycles. The number of azide groups is 1. The molecule has 3 heterocycles. The first-order valence-corrected chi connectivity index (χ1v) is 12.3. The second kappa shape index (κ2) is 11.3. The van der Waals surface area contributed by atoms with Gasteiger partial charge >= 0.3 is 12.5 Å². The fraction of sp³-hybridized carbons (Fsp3) is 0.304. The summed E-state index contributed by atoms with van der Waals surface area (Å²) in [5.41, 5.74) is 9.25. The molecular formula is C23H20ClF3N8O2S. The molecule has 1 saturated heterocycles. The van der Waals surface area contributed by atoms with E-state index in [-0.39, 0.29) is 30.2 Å². The molecule has 4 rings (SSSR count). The van der Waals surface area contributed by atoms with Crippen molar-refractivity contribution in [1.82, 2.24) is 15.2 Å². The van der Waals surface area contributed by atoms with E-state index in [1.165, 1.54) is 30.4 Å². The minimum atomic E-state index is -2.91. The molecule has 1 aromatic carbocycles. The minimum Gasteiger partial charge on any atom is -0.465 e.